The van der Waals surface area contributed by atoms with Gasteiger partial charge in [-0.3, -0.25) is 19.8 Å². The van der Waals surface area contributed by atoms with Gasteiger partial charge in [-0.1, -0.05) is 20.3 Å². The van der Waals surface area contributed by atoms with Gasteiger partial charge in [-0.25, -0.2) is 4.79 Å². The Kier molecular flexibility index (Phi) is 3.54. The predicted octanol–water partition coefficient (Wildman–Crippen LogP) is 2.31. The van der Waals surface area contributed by atoms with E-state index in [0.29, 0.717) is 31.2 Å². The van der Waals surface area contributed by atoms with Crippen LogP contribution in [0.2, 0.25) is 0 Å². The zero-order chi connectivity index (χ0) is 15.2. The Labute approximate surface area is 125 Å². The Morgan fingerprint density at radius 3 is 2.38 bits per heavy atom. The fourth-order valence-corrected chi connectivity index (χ4v) is 4.61. The molecule has 3 aliphatic rings. The van der Waals surface area contributed by atoms with Crippen LogP contribution in [0.1, 0.15) is 52.4 Å². The van der Waals surface area contributed by atoms with Crippen LogP contribution in [-0.2, 0) is 9.59 Å². The molecule has 2 bridgehead atoms. The van der Waals surface area contributed by atoms with E-state index >= 15 is 0 Å². The van der Waals surface area contributed by atoms with E-state index < -0.39 is 17.4 Å². The van der Waals surface area contributed by atoms with Crippen molar-refractivity contribution in [1.82, 2.24) is 10.2 Å². The van der Waals surface area contributed by atoms with Crippen molar-refractivity contribution in [3.05, 3.63) is 0 Å². The molecule has 0 aromatic carbocycles. The van der Waals surface area contributed by atoms with Gasteiger partial charge in [0.15, 0.2) is 0 Å². The highest BCUT2D eigenvalue weighted by molar-refractivity contribution is 6.19. The summed E-state index contributed by atoms with van der Waals surface area (Å²) >= 11 is 0. The van der Waals surface area contributed by atoms with Crippen LogP contribution in [0.15, 0.2) is 0 Å². The van der Waals surface area contributed by atoms with Crippen LogP contribution in [0.3, 0.4) is 0 Å². The summed E-state index contributed by atoms with van der Waals surface area (Å²) in [6.07, 6.45) is 5.78. The van der Waals surface area contributed by atoms with Gasteiger partial charge in [0.1, 0.15) is 5.41 Å². The van der Waals surface area contributed by atoms with Crippen molar-refractivity contribution in [2.75, 3.05) is 6.54 Å². The highest BCUT2D eigenvalue weighted by atomic mass is 16.2. The standard InChI is InChI=1S/C16H24N2O3/c1-3-16(4-2)13(19)17-15(21)18(14(16)20)9-12-8-10-5-6-11(12)7-10/h10-12H,3-9H2,1-2H3,(H,17,19,21). The van der Waals surface area contributed by atoms with Crippen molar-refractivity contribution in [2.45, 2.75) is 52.4 Å². The molecule has 1 aliphatic heterocycles. The topological polar surface area (TPSA) is 66.5 Å². The highest BCUT2D eigenvalue weighted by Gasteiger charge is 2.52. The average Bonchev–Trinajstić information content (AvgIpc) is 3.07. The molecule has 3 unspecified atom stereocenters. The molecule has 3 fully saturated rings. The number of nitrogens with zero attached hydrogens (tertiary/aromatic N) is 1. The molecule has 2 aliphatic carbocycles. The predicted molar refractivity (Wildman–Crippen MR) is 77.2 cm³/mol. The van der Waals surface area contributed by atoms with Crippen LogP contribution in [0.25, 0.3) is 0 Å². The molecular formula is C16H24N2O3. The van der Waals surface area contributed by atoms with Crippen molar-refractivity contribution in [1.29, 1.82) is 0 Å². The van der Waals surface area contributed by atoms with E-state index in [0.717, 1.165) is 12.3 Å². The lowest BCUT2D eigenvalue weighted by molar-refractivity contribution is -0.152. The van der Waals surface area contributed by atoms with Crippen LogP contribution in [0, 0.1) is 23.2 Å². The number of nitrogens with one attached hydrogen (secondary N) is 1. The zero-order valence-electron chi connectivity index (χ0n) is 12.9. The first-order valence-electron chi connectivity index (χ1n) is 8.19. The normalized spacial score (nSPS) is 34.5. The molecule has 3 rings (SSSR count). The Hall–Kier alpha value is -1.39. The van der Waals surface area contributed by atoms with Crippen molar-refractivity contribution in [3.8, 4) is 0 Å². The van der Waals surface area contributed by atoms with Crippen molar-refractivity contribution in [3.63, 3.8) is 0 Å². The summed E-state index contributed by atoms with van der Waals surface area (Å²) in [5, 5.41) is 2.40. The third-order valence-corrected chi connectivity index (χ3v) is 6.06. The smallest absolute Gasteiger partial charge is 0.277 e. The molecule has 0 aromatic rings. The van der Waals surface area contributed by atoms with Crippen LogP contribution >= 0.6 is 0 Å². The van der Waals surface area contributed by atoms with E-state index in [1.54, 1.807) is 0 Å². The number of hydrogen-bond donors (Lipinski definition) is 1. The van der Waals surface area contributed by atoms with Crippen molar-refractivity contribution < 1.29 is 14.4 Å². The number of amides is 4. The van der Waals surface area contributed by atoms with E-state index in [1.807, 2.05) is 13.8 Å². The molecule has 1 saturated heterocycles. The number of barbiturate groups is 1. The Bertz CT molecular complexity index is 484. The fourth-order valence-electron chi connectivity index (χ4n) is 4.61. The molecule has 5 nitrogen and oxygen atoms in total. The summed E-state index contributed by atoms with van der Waals surface area (Å²) in [6.45, 7) is 4.17. The van der Waals surface area contributed by atoms with E-state index in [2.05, 4.69) is 5.32 Å². The van der Waals surface area contributed by atoms with Crippen molar-refractivity contribution >= 4 is 17.8 Å². The number of carbonyl (C=O) groups is 3. The summed E-state index contributed by atoms with van der Waals surface area (Å²) in [4.78, 5) is 38.3. The average molecular weight is 292 g/mol. The summed E-state index contributed by atoms with van der Waals surface area (Å²) in [5.41, 5.74) is -1.05. The third kappa shape index (κ3) is 2.09. The number of fused-ring (bicyclic) bond motifs is 2. The van der Waals surface area contributed by atoms with Crippen molar-refractivity contribution in [2.24, 2.45) is 23.2 Å². The number of hydrogen-bond acceptors (Lipinski definition) is 3. The molecule has 0 aromatic heterocycles. The van der Waals surface area contributed by atoms with Gasteiger partial charge in [-0.05, 0) is 49.9 Å². The van der Waals surface area contributed by atoms with Crippen LogP contribution < -0.4 is 5.32 Å². The molecule has 4 amide bonds. The van der Waals surface area contributed by atoms with Crippen LogP contribution in [0.4, 0.5) is 4.79 Å². The third-order valence-electron chi connectivity index (χ3n) is 6.06. The summed E-state index contributed by atoms with van der Waals surface area (Å²) in [5.74, 6) is 1.16. The summed E-state index contributed by atoms with van der Waals surface area (Å²) in [6, 6.07) is -0.523. The zero-order valence-corrected chi connectivity index (χ0v) is 12.9. The Morgan fingerprint density at radius 2 is 1.86 bits per heavy atom. The number of urea groups is 1. The minimum absolute atomic E-state index is 0.288. The lowest BCUT2D eigenvalue weighted by atomic mass is 9.78. The molecule has 116 valence electrons. The highest BCUT2D eigenvalue weighted by Crippen LogP contribution is 2.49. The van der Waals surface area contributed by atoms with E-state index in [-0.39, 0.29) is 5.91 Å². The van der Waals surface area contributed by atoms with Gasteiger partial charge in [-0.15, -0.1) is 0 Å². The van der Waals surface area contributed by atoms with Gasteiger partial charge in [-0.2, -0.15) is 0 Å². The van der Waals surface area contributed by atoms with Gasteiger partial charge in [0.2, 0.25) is 11.8 Å². The molecule has 0 radical (unpaired) electrons. The molecule has 2 saturated carbocycles. The fraction of sp³-hybridized carbons (Fsp3) is 0.812. The van der Waals surface area contributed by atoms with E-state index in [4.69, 9.17) is 0 Å². The largest absolute Gasteiger partial charge is 0.330 e. The molecule has 5 heteroatoms. The Balaban J connectivity index is 1.79. The summed E-state index contributed by atoms with van der Waals surface area (Å²) in [7, 11) is 0. The van der Waals surface area contributed by atoms with Gasteiger partial charge < -0.3 is 0 Å². The second-order valence-electron chi connectivity index (χ2n) is 6.90. The lowest BCUT2D eigenvalue weighted by Gasteiger charge is -2.40. The molecular weight excluding hydrogens is 268 g/mol. The second kappa shape index (κ2) is 5.11. The lowest BCUT2D eigenvalue weighted by Crippen LogP contribution is -2.64. The minimum atomic E-state index is -1.05. The second-order valence-corrected chi connectivity index (χ2v) is 6.90. The van der Waals surface area contributed by atoms with Gasteiger partial charge in [0, 0.05) is 6.54 Å². The first kappa shape index (κ1) is 14.5. The Morgan fingerprint density at radius 1 is 1.14 bits per heavy atom. The van der Waals surface area contributed by atoms with E-state index in [9.17, 15) is 14.4 Å². The molecule has 0 spiro atoms. The van der Waals surface area contributed by atoms with E-state index in [1.165, 1.54) is 24.2 Å². The maximum atomic E-state index is 12.8. The number of carbonyl (C=O) groups excluding carboxylic acids is 3. The molecule has 1 N–H and O–H groups in total. The first-order chi connectivity index (χ1) is 10.0. The minimum Gasteiger partial charge on any atom is -0.277 e. The van der Waals surface area contributed by atoms with Crippen LogP contribution in [-0.4, -0.2) is 29.3 Å². The monoisotopic (exact) mass is 292 g/mol. The molecule has 21 heavy (non-hydrogen) atoms. The quantitative estimate of drug-likeness (QED) is 0.809. The number of rotatable bonds is 4. The first-order valence-corrected chi connectivity index (χ1v) is 8.19. The molecule has 3 atom stereocenters. The summed E-state index contributed by atoms with van der Waals surface area (Å²) < 4.78 is 0. The molecule has 1 heterocycles. The van der Waals surface area contributed by atoms with Gasteiger partial charge in [0.05, 0.1) is 0 Å². The SMILES string of the molecule is CCC1(CC)C(=O)NC(=O)N(CC2CC3CCC2C3)C1=O. The number of imide groups is 2. The van der Waals surface area contributed by atoms with Gasteiger partial charge >= 0.3 is 6.03 Å². The van der Waals surface area contributed by atoms with Gasteiger partial charge in [0.25, 0.3) is 0 Å². The maximum absolute atomic E-state index is 12.8. The van der Waals surface area contributed by atoms with Crippen LogP contribution in [0.5, 0.6) is 0 Å². The maximum Gasteiger partial charge on any atom is 0.330 e.